The maximum absolute atomic E-state index is 9.50. The minimum atomic E-state index is 0.228. The molecule has 2 aliphatic rings. The van der Waals surface area contributed by atoms with Gasteiger partial charge >= 0.3 is 0 Å². The minimum Gasteiger partial charge on any atom is -0.337 e. The Morgan fingerprint density at radius 1 is 0.468 bits per heavy atom. The molecular weight excluding hydrogens is 755 g/mol. The van der Waals surface area contributed by atoms with E-state index in [9.17, 15) is 5.41 Å². The summed E-state index contributed by atoms with van der Waals surface area (Å²) < 4.78 is 2.36. The first-order chi connectivity index (χ1) is 30.6. The Balaban J connectivity index is 1.06. The predicted octanol–water partition coefficient (Wildman–Crippen LogP) is 13.8. The first-order valence-corrected chi connectivity index (χ1v) is 21.4. The summed E-state index contributed by atoms with van der Waals surface area (Å²) >= 11 is 0. The van der Waals surface area contributed by atoms with Crippen molar-refractivity contribution >= 4 is 61.6 Å². The highest BCUT2D eigenvalue weighted by Crippen LogP contribution is 2.39. The number of nitrogens with one attached hydrogen (secondary N) is 2. The molecule has 0 spiro atoms. The van der Waals surface area contributed by atoms with Crippen molar-refractivity contribution in [2.45, 2.75) is 19.3 Å². The van der Waals surface area contributed by atoms with Crippen molar-refractivity contribution < 1.29 is 0 Å². The summed E-state index contributed by atoms with van der Waals surface area (Å²) in [6.07, 6.45) is 17.4. The van der Waals surface area contributed by atoms with Gasteiger partial charge in [-0.05, 0) is 107 Å². The van der Waals surface area contributed by atoms with E-state index in [1.54, 1.807) is 0 Å². The van der Waals surface area contributed by atoms with E-state index in [0.29, 0.717) is 24.5 Å². The lowest BCUT2D eigenvalue weighted by Crippen LogP contribution is -2.22. The zero-order chi connectivity index (χ0) is 41.8. The van der Waals surface area contributed by atoms with Crippen molar-refractivity contribution in [3.8, 4) is 5.69 Å². The second-order valence-corrected chi connectivity index (χ2v) is 16.0. The van der Waals surface area contributed by atoms with Crippen molar-refractivity contribution in [3.05, 3.63) is 240 Å². The average Bonchev–Trinajstić information content (AvgIpc) is 3.73. The lowest BCUT2D eigenvalue weighted by atomic mass is 9.98. The summed E-state index contributed by atoms with van der Waals surface area (Å²) in [5.41, 5.74) is 15.2. The van der Waals surface area contributed by atoms with Crippen LogP contribution in [-0.4, -0.2) is 29.1 Å². The second kappa shape index (κ2) is 17.1. The largest absolute Gasteiger partial charge is 0.337 e. The van der Waals surface area contributed by atoms with Crippen LogP contribution < -0.4 is 9.80 Å². The first kappa shape index (κ1) is 38.4. The fourth-order valence-corrected chi connectivity index (χ4v) is 8.99. The summed E-state index contributed by atoms with van der Waals surface area (Å²) in [6.45, 7) is 1.30. The molecule has 8 aromatic rings. The van der Waals surface area contributed by atoms with Gasteiger partial charge in [-0.25, -0.2) is 0 Å². The van der Waals surface area contributed by atoms with E-state index in [-0.39, 0.29) is 6.42 Å². The van der Waals surface area contributed by atoms with Gasteiger partial charge in [0.1, 0.15) is 0 Å². The number of benzene rings is 7. The summed E-state index contributed by atoms with van der Waals surface area (Å²) in [6, 6.07) is 59.9. The summed E-state index contributed by atoms with van der Waals surface area (Å²) in [4.78, 5) is 4.76. The number of anilines is 4. The molecule has 2 N–H and O–H groups in total. The van der Waals surface area contributed by atoms with Crippen molar-refractivity contribution in [1.82, 2.24) is 4.57 Å². The van der Waals surface area contributed by atoms with Gasteiger partial charge in [0.25, 0.3) is 0 Å². The molecular formula is C57H47N5. The van der Waals surface area contributed by atoms with E-state index in [2.05, 4.69) is 196 Å². The molecule has 0 amide bonds. The molecule has 0 aliphatic carbocycles. The van der Waals surface area contributed by atoms with Gasteiger partial charge in [-0.2, -0.15) is 0 Å². The summed E-state index contributed by atoms with van der Waals surface area (Å²) in [5.74, 6) is 0. The molecule has 62 heavy (non-hydrogen) atoms. The number of allylic oxidation sites excluding steroid dienone is 6. The SMILES string of the molecule is N=C(CC(=N)c1cc(N2CC=CC=CCc3ccccc32)cc(N2CC=CC(c3ccc4c(c3)c3ccccc3n4-c3ccccc3)=CCc3ccccc32)c1)c1ccccc1. The number of fused-ring (bicyclic) bond motifs is 5. The number of para-hydroxylation sites is 4. The third kappa shape index (κ3) is 7.61. The van der Waals surface area contributed by atoms with E-state index in [1.807, 2.05) is 30.3 Å². The molecule has 0 bridgehead atoms. The molecule has 3 heterocycles. The first-order valence-electron chi connectivity index (χ1n) is 21.4. The molecule has 0 saturated heterocycles. The standard InChI is InChI=1S/C57H47N5/c58-52(42-18-6-3-7-19-42)40-53(59)46-36-48(60-34-16-2-1-5-20-43-21-10-13-27-54(43)60)39-49(37-46)61-35-17-23-41(30-31-44-22-11-14-28-55(44)61)45-32-33-57-51(38-45)50-26-12-15-29-56(50)62(57)47-24-8-4-9-25-47/h1-19,21-30,32-33,36-39,58-59H,20,31,34-35,40H2. The van der Waals surface area contributed by atoms with Gasteiger partial charge in [-0.1, -0.05) is 152 Å². The highest BCUT2D eigenvalue weighted by molar-refractivity contribution is 6.16. The molecule has 2 aliphatic heterocycles. The molecule has 1 aromatic heterocycles. The summed E-state index contributed by atoms with van der Waals surface area (Å²) in [5, 5.41) is 21.0. The Morgan fingerprint density at radius 3 is 1.82 bits per heavy atom. The van der Waals surface area contributed by atoms with Gasteiger partial charge in [0.2, 0.25) is 0 Å². The third-order valence-corrected chi connectivity index (χ3v) is 12.1. The maximum Gasteiger partial charge on any atom is 0.0541 e. The van der Waals surface area contributed by atoms with E-state index in [1.165, 1.54) is 44.1 Å². The zero-order valence-electron chi connectivity index (χ0n) is 34.6. The maximum atomic E-state index is 9.50. The van der Waals surface area contributed by atoms with Crippen LogP contribution in [0.25, 0.3) is 33.1 Å². The number of rotatable bonds is 8. The quantitative estimate of drug-likeness (QED) is 0.150. The van der Waals surface area contributed by atoms with Crippen LogP contribution in [0.3, 0.4) is 0 Å². The predicted molar refractivity (Wildman–Crippen MR) is 262 cm³/mol. The van der Waals surface area contributed by atoms with Crippen LogP contribution in [0.1, 0.15) is 34.2 Å². The fourth-order valence-electron chi connectivity index (χ4n) is 8.99. The molecule has 0 radical (unpaired) electrons. The molecule has 10 rings (SSSR count). The van der Waals surface area contributed by atoms with Crippen LogP contribution in [0, 0.1) is 10.8 Å². The normalized spacial score (nSPS) is 13.9. The van der Waals surface area contributed by atoms with Crippen LogP contribution in [0.2, 0.25) is 0 Å². The molecule has 0 atom stereocenters. The Kier molecular flexibility index (Phi) is 10.6. The summed E-state index contributed by atoms with van der Waals surface area (Å²) in [7, 11) is 0. The molecule has 0 unspecified atom stereocenters. The molecule has 5 nitrogen and oxygen atoms in total. The second-order valence-electron chi connectivity index (χ2n) is 16.0. The molecule has 7 aromatic carbocycles. The lowest BCUT2D eigenvalue weighted by Gasteiger charge is -2.30. The van der Waals surface area contributed by atoms with Crippen molar-refractivity contribution in [3.63, 3.8) is 0 Å². The Hall–Kier alpha value is -7.76. The van der Waals surface area contributed by atoms with Gasteiger partial charge in [0.15, 0.2) is 0 Å². The van der Waals surface area contributed by atoms with Crippen LogP contribution in [0.15, 0.2) is 212 Å². The molecule has 5 heteroatoms. The van der Waals surface area contributed by atoms with Crippen LogP contribution in [0.4, 0.5) is 22.7 Å². The van der Waals surface area contributed by atoms with Gasteiger partial charge in [0.05, 0.1) is 11.0 Å². The van der Waals surface area contributed by atoms with Crippen molar-refractivity contribution in [1.29, 1.82) is 10.8 Å². The van der Waals surface area contributed by atoms with Crippen LogP contribution in [-0.2, 0) is 12.8 Å². The highest BCUT2D eigenvalue weighted by atomic mass is 15.2. The highest BCUT2D eigenvalue weighted by Gasteiger charge is 2.21. The number of nitrogens with zero attached hydrogens (tertiary/aromatic N) is 3. The molecule has 0 saturated carbocycles. The lowest BCUT2D eigenvalue weighted by molar-refractivity contribution is 1.05. The van der Waals surface area contributed by atoms with Gasteiger partial charge in [-0.15, -0.1) is 0 Å². The van der Waals surface area contributed by atoms with Gasteiger partial charge < -0.3 is 25.2 Å². The Bertz CT molecular complexity index is 3090. The number of aromatic nitrogens is 1. The minimum absolute atomic E-state index is 0.228. The molecule has 300 valence electrons. The van der Waals surface area contributed by atoms with Gasteiger partial charge in [0, 0.05) is 70.1 Å². The van der Waals surface area contributed by atoms with Crippen molar-refractivity contribution in [2.75, 3.05) is 22.9 Å². The Morgan fingerprint density at radius 2 is 1.06 bits per heavy atom. The number of hydrogen-bond acceptors (Lipinski definition) is 4. The van der Waals surface area contributed by atoms with Crippen LogP contribution >= 0.6 is 0 Å². The molecule has 0 fully saturated rings. The van der Waals surface area contributed by atoms with Gasteiger partial charge in [-0.3, -0.25) is 0 Å². The van der Waals surface area contributed by atoms with E-state index < -0.39 is 0 Å². The van der Waals surface area contributed by atoms with E-state index >= 15 is 0 Å². The topological polar surface area (TPSA) is 59.1 Å². The van der Waals surface area contributed by atoms with E-state index in [0.717, 1.165) is 52.4 Å². The average molecular weight is 802 g/mol. The monoisotopic (exact) mass is 801 g/mol. The zero-order valence-corrected chi connectivity index (χ0v) is 34.6. The Labute approximate surface area is 363 Å². The smallest absolute Gasteiger partial charge is 0.0541 e. The number of hydrogen-bond donors (Lipinski definition) is 2. The van der Waals surface area contributed by atoms with Crippen LogP contribution in [0.5, 0.6) is 0 Å². The van der Waals surface area contributed by atoms with E-state index in [4.69, 9.17) is 5.41 Å². The third-order valence-electron chi connectivity index (χ3n) is 12.1. The fraction of sp³-hybridized carbons (Fsp3) is 0.0877. The van der Waals surface area contributed by atoms with Crippen molar-refractivity contribution in [2.24, 2.45) is 0 Å².